The Bertz CT molecular complexity index is 1430. The fourth-order valence-electron chi connectivity index (χ4n) is 4.55. The minimum Gasteiger partial charge on any atom is -0.312 e. The number of aromatic nitrogens is 4. The van der Waals surface area contributed by atoms with Crippen molar-refractivity contribution in [3.63, 3.8) is 0 Å². The average molecular weight is 430 g/mol. The Kier molecular flexibility index (Phi) is 4.96. The molecule has 32 heavy (non-hydrogen) atoms. The van der Waals surface area contributed by atoms with Crippen LogP contribution in [-0.4, -0.2) is 25.2 Å². The summed E-state index contributed by atoms with van der Waals surface area (Å²) in [6.07, 6.45) is 1.88. The number of nitrogens with zero attached hydrogens (tertiary/aromatic N) is 5. The molecule has 0 bridgehead atoms. The quantitative estimate of drug-likeness (QED) is 0.499. The van der Waals surface area contributed by atoms with Gasteiger partial charge in [-0.2, -0.15) is 4.98 Å². The Morgan fingerprint density at radius 3 is 2.50 bits per heavy atom. The summed E-state index contributed by atoms with van der Waals surface area (Å²) in [6, 6.07) is 16.3. The van der Waals surface area contributed by atoms with Crippen LogP contribution in [0.2, 0.25) is 0 Å². The van der Waals surface area contributed by atoms with Crippen molar-refractivity contribution in [1.82, 2.24) is 18.7 Å². The summed E-state index contributed by atoms with van der Waals surface area (Å²) in [5.41, 5.74) is 4.64. The van der Waals surface area contributed by atoms with E-state index in [1.54, 1.807) is 7.05 Å². The zero-order chi connectivity index (χ0) is 22.4. The zero-order valence-corrected chi connectivity index (χ0v) is 18.7. The Morgan fingerprint density at radius 1 is 1.00 bits per heavy atom. The molecule has 0 aliphatic carbocycles. The van der Waals surface area contributed by atoms with Gasteiger partial charge in [0.15, 0.2) is 11.2 Å². The van der Waals surface area contributed by atoms with Gasteiger partial charge in [0.05, 0.1) is 6.54 Å². The predicted molar refractivity (Wildman–Crippen MR) is 127 cm³/mol. The van der Waals surface area contributed by atoms with Gasteiger partial charge in [0.1, 0.15) is 0 Å². The molecule has 0 unspecified atom stereocenters. The highest BCUT2D eigenvalue weighted by atomic mass is 16.2. The van der Waals surface area contributed by atoms with E-state index >= 15 is 0 Å². The Morgan fingerprint density at radius 2 is 1.78 bits per heavy atom. The van der Waals surface area contributed by atoms with Gasteiger partial charge in [0.2, 0.25) is 5.95 Å². The third-order valence-corrected chi connectivity index (χ3v) is 6.30. The molecule has 0 spiro atoms. The van der Waals surface area contributed by atoms with E-state index in [2.05, 4.69) is 36.1 Å². The van der Waals surface area contributed by atoms with Gasteiger partial charge in [0.25, 0.3) is 5.56 Å². The summed E-state index contributed by atoms with van der Waals surface area (Å²) >= 11 is 0. The van der Waals surface area contributed by atoms with E-state index < -0.39 is 0 Å². The molecule has 7 nitrogen and oxygen atoms in total. The van der Waals surface area contributed by atoms with Gasteiger partial charge in [0, 0.05) is 25.8 Å². The van der Waals surface area contributed by atoms with Gasteiger partial charge in [-0.05, 0) is 43.0 Å². The molecular weight excluding hydrogens is 402 g/mol. The minimum atomic E-state index is -0.349. The number of hydrogen-bond donors (Lipinski definition) is 0. The molecule has 4 aromatic rings. The monoisotopic (exact) mass is 429 g/mol. The largest absolute Gasteiger partial charge is 0.332 e. The number of rotatable bonds is 4. The zero-order valence-electron chi connectivity index (χ0n) is 18.7. The molecular formula is C25H27N5O2. The molecule has 0 radical (unpaired) electrons. The summed E-state index contributed by atoms with van der Waals surface area (Å²) in [4.78, 5) is 33.5. The van der Waals surface area contributed by atoms with Crippen molar-refractivity contribution in [2.45, 2.75) is 39.8 Å². The van der Waals surface area contributed by atoms with Crippen molar-refractivity contribution >= 4 is 22.8 Å². The van der Waals surface area contributed by atoms with Crippen molar-refractivity contribution < 1.29 is 0 Å². The SMILES string of the molecule is CCc1ccc(N2CCCn3c2nc2c3c(=O)n(Cc3cccc(C)c3)c(=O)n2C)cc1. The minimum absolute atomic E-state index is 0.242. The summed E-state index contributed by atoms with van der Waals surface area (Å²) in [7, 11) is 1.69. The molecule has 5 rings (SSSR count). The second-order valence-corrected chi connectivity index (χ2v) is 8.48. The molecule has 0 saturated carbocycles. The van der Waals surface area contributed by atoms with Gasteiger partial charge >= 0.3 is 5.69 Å². The molecule has 1 aliphatic rings. The third kappa shape index (κ3) is 3.25. The lowest BCUT2D eigenvalue weighted by atomic mass is 10.1. The van der Waals surface area contributed by atoms with Crippen LogP contribution in [0.4, 0.5) is 11.6 Å². The lowest BCUT2D eigenvalue weighted by molar-refractivity contribution is 0.597. The first kappa shape index (κ1) is 20.3. The van der Waals surface area contributed by atoms with Gasteiger partial charge in [-0.15, -0.1) is 0 Å². The van der Waals surface area contributed by atoms with Gasteiger partial charge in [-0.25, -0.2) is 4.79 Å². The van der Waals surface area contributed by atoms with Crippen LogP contribution in [0.5, 0.6) is 0 Å². The molecule has 1 aliphatic heterocycles. The molecule has 164 valence electrons. The van der Waals surface area contributed by atoms with Crippen molar-refractivity contribution in [3.05, 3.63) is 86.1 Å². The fourth-order valence-corrected chi connectivity index (χ4v) is 4.55. The summed E-state index contributed by atoms with van der Waals surface area (Å²) in [5.74, 6) is 0.718. The summed E-state index contributed by atoms with van der Waals surface area (Å²) in [6.45, 7) is 5.90. The topological polar surface area (TPSA) is 65.1 Å². The van der Waals surface area contributed by atoms with E-state index in [-0.39, 0.29) is 17.8 Å². The predicted octanol–water partition coefficient (Wildman–Crippen LogP) is 3.36. The second-order valence-electron chi connectivity index (χ2n) is 8.48. The molecule has 7 heteroatoms. The van der Waals surface area contributed by atoms with Gasteiger partial charge in [-0.3, -0.25) is 13.9 Å². The maximum Gasteiger partial charge on any atom is 0.332 e. The Hall–Kier alpha value is -3.61. The molecule has 0 fully saturated rings. The van der Waals surface area contributed by atoms with E-state index in [1.165, 1.54) is 14.7 Å². The third-order valence-electron chi connectivity index (χ3n) is 6.30. The lowest BCUT2D eigenvalue weighted by Crippen LogP contribution is -2.40. The van der Waals surface area contributed by atoms with Crippen LogP contribution >= 0.6 is 0 Å². The normalized spacial score (nSPS) is 13.5. The van der Waals surface area contributed by atoms with Gasteiger partial charge in [-0.1, -0.05) is 48.9 Å². The molecule has 2 aromatic heterocycles. The highest BCUT2D eigenvalue weighted by Crippen LogP contribution is 2.31. The second kappa shape index (κ2) is 7.82. The fraction of sp³-hybridized carbons (Fsp3) is 0.320. The van der Waals surface area contributed by atoms with E-state index in [4.69, 9.17) is 4.98 Å². The average Bonchev–Trinajstić information content (AvgIpc) is 3.21. The maximum absolute atomic E-state index is 13.5. The standard InChI is InChI=1S/C25H27N5O2/c1-4-18-9-11-20(12-10-18)28-13-6-14-29-21-22(26-24(28)29)27(3)25(32)30(23(21)31)16-19-8-5-7-17(2)15-19/h5,7-12,15H,4,6,13-14,16H2,1-3H3. The van der Waals surface area contributed by atoms with Crippen LogP contribution in [0, 0.1) is 6.92 Å². The number of anilines is 2. The molecule has 0 atom stereocenters. The number of imidazole rings is 1. The number of hydrogen-bond acceptors (Lipinski definition) is 4. The smallest absolute Gasteiger partial charge is 0.312 e. The lowest BCUT2D eigenvalue weighted by Gasteiger charge is -2.29. The van der Waals surface area contributed by atoms with Crippen molar-refractivity contribution in [2.24, 2.45) is 7.05 Å². The first-order valence-corrected chi connectivity index (χ1v) is 11.1. The number of fused-ring (bicyclic) bond motifs is 3. The van der Waals surface area contributed by atoms with E-state index in [0.29, 0.717) is 17.7 Å². The van der Waals surface area contributed by atoms with Crippen LogP contribution in [0.25, 0.3) is 11.2 Å². The molecule has 0 N–H and O–H groups in total. The molecule has 3 heterocycles. The van der Waals surface area contributed by atoms with Crippen molar-refractivity contribution in [1.29, 1.82) is 0 Å². The van der Waals surface area contributed by atoms with Crippen LogP contribution in [-0.2, 0) is 26.6 Å². The Labute approximate surface area is 186 Å². The van der Waals surface area contributed by atoms with Gasteiger partial charge < -0.3 is 9.47 Å². The number of benzene rings is 2. The van der Waals surface area contributed by atoms with E-state index in [0.717, 1.165) is 42.1 Å². The van der Waals surface area contributed by atoms with E-state index in [1.807, 2.05) is 35.8 Å². The maximum atomic E-state index is 13.5. The number of aryl methyl sites for hydroxylation is 4. The van der Waals surface area contributed by atoms with E-state index in [9.17, 15) is 9.59 Å². The van der Waals surface area contributed by atoms with Crippen molar-refractivity contribution in [3.8, 4) is 0 Å². The highest BCUT2D eigenvalue weighted by molar-refractivity contribution is 5.77. The van der Waals surface area contributed by atoms with Crippen molar-refractivity contribution in [2.75, 3.05) is 11.4 Å². The molecule has 0 saturated heterocycles. The summed E-state index contributed by atoms with van der Waals surface area (Å²) < 4.78 is 4.79. The van der Waals surface area contributed by atoms with Crippen LogP contribution in [0.3, 0.4) is 0 Å². The Balaban J connectivity index is 1.67. The molecule has 2 aromatic carbocycles. The first-order valence-electron chi connectivity index (χ1n) is 11.1. The van der Waals surface area contributed by atoms with Crippen LogP contribution < -0.4 is 16.1 Å². The van der Waals surface area contributed by atoms with Crippen LogP contribution in [0.1, 0.15) is 30.0 Å². The van der Waals surface area contributed by atoms with Crippen LogP contribution in [0.15, 0.2) is 58.1 Å². The molecule has 0 amide bonds. The highest BCUT2D eigenvalue weighted by Gasteiger charge is 2.27. The first-order chi connectivity index (χ1) is 15.5. The summed E-state index contributed by atoms with van der Waals surface area (Å²) in [5, 5.41) is 0.